The van der Waals surface area contributed by atoms with Gasteiger partial charge in [-0.15, -0.1) is 0 Å². The van der Waals surface area contributed by atoms with Gasteiger partial charge in [-0.05, 0) is 6.92 Å². The first-order chi connectivity index (χ1) is 6.68. The van der Waals surface area contributed by atoms with Gasteiger partial charge in [-0.2, -0.15) is 5.10 Å². The number of nitrogens with one attached hydrogen (secondary N) is 2. The van der Waals surface area contributed by atoms with E-state index in [0.717, 1.165) is 5.82 Å². The third kappa shape index (κ3) is 3.99. The molecule has 14 heavy (non-hydrogen) atoms. The van der Waals surface area contributed by atoms with Gasteiger partial charge in [0.2, 0.25) is 5.91 Å². The zero-order valence-electron chi connectivity index (χ0n) is 8.16. The standard InChI is InChI=1S/C8H15N5O/c1-6(9)4-8(14)10-3-2-7-11-5-12-13-7/h5-6H,2-4,9H2,1H3,(H,10,14)(H,11,12,13). The number of carbonyl (C=O) groups excluding carboxylic acids is 1. The number of aromatic nitrogens is 3. The Bertz CT molecular complexity index is 269. The summed E-state index contributed by atoms with van der Waals surface area (Å²) in [5.41, 5.74) is 5.47. The highest BCUT2D eigenvalue weighted by molar-refractivity contribution is 5.76. The summed E-state index contributed by atoms with van der Waals surface area (Å²) in [5.74, 6) is 0.741. The van der Waals surface area contributed by atoms with E-state index in [1.807, 2.05) is 0 Å². The van der Waals surface area contributed by atoms with Crippen molar-refractivity contribution in [1.29, 1.82) is 0 Å². The second kappa shape index (κ2) is 5.33. The van der Waals surface area contributed by atoms with Gasteiger partial charge in [-0.3, -0.25) is 9.89 Å². The van der Waals surface area contributed by atoms with Crippen LogP contribution in [0.15, 0.2) is 6.33 Å². The highest BCUT2D eigenvalue weighted by atomic mass is 16.1. The number of carbonyl (C=O) groups is 1. The number of hydrogen-bond donors (Lipinski definition) is 3. The minimum atomic E-state index is -0.0970. The Morgan fingerprint density at radius 3 is 3.14 bits per heavy atom. The number of hydrogen-bond acceptors (Lipinski definition) is 4. The Hall–Kier alpha value is -1.43. The second-order valence-corrected chi connectivity index (χ2v) is 3.21. The summed E-state index contributed by atoms with van der Waals surface area (Å²) >= 11 is 0. The van der Waals surface area contributed by atoms with Gasteiger partial charge in [0, 0.05) is 25.4 Å². The average Bonchev–Trinajstić information content (AvgIpc) is 2.55. The lowest BCUT2D eigenvalue weighted by Crippen LogP contribution is -2.31. The molecular weight excluding hydrogens is 182 g/mol. The smallest absolute Gasteiger partial charge is 0.221 e. The van der Waals surface area contributed by atoms with Crippen LogP contribution in [0.25, 0.3) is 0 Å². The van der Waals surface area contributed by atoms with Gasteiger partial charge >= 0.3 is 0 Å². The van der Waals surface area contributed by atoms with E-state index in [0.29, 0.717) is 19.4 Å². The van der Waals surface area contributed by atoms with Gasteiger partial charge < -0.3 is 11.1 Å². The van der Waals surface area contributed by atoms with E-state index in [1.165, 1.54) is 6.33 Å². The van der Waals surface area contributed by atoms with E-state index in [4.69, 9.17) is 5.73 Å². The number of rotatable bonds is 5. The van der Waals surface area contributed by atoms with Crippen molar-refractivity contribution in [3.05, 3.63) is 12.2 Å². The normalized spacial score (nSPS) is 12.4. The molecule has 1 unspecified atom stereocenters. The van der Waals surface area contributed by atoms with Crippen LogP contribution in [0, 0.1) is 0 Å². The lowest BCUT2D eigenvalue weighted by Gasteiger charge is -2.05. The van der Waals surface area contributed by atoms with Crippen LogP contribution >= 0.6 is 0 Å². The minimum Gasteiger partial charge on any atom is -0.356 e. The lowest BCUT2D eigenvalue weighted by molar-refractivity contribution is -0.121. The Kier molecular flexibility index (Phi) is 4.06. The topological polar surface area (TPSA) is 96.7 Å². The minimum absolute atomic E-state index is 0.0282. The van der Waals surface area contributed by atoms with E-state index >= 15 is 0 Å². The molecule has 1 atom stereocenters. The molecule has 0 aliphatic rings. The molecule has 0 bridgehead atoms. The summed E-state index contributed by atoms with van der Waals surface area (Å²) in [6.45, 7) is 2.36. The molecule has 1 amide bonds. The van der Waals surface area contributed by atoms with E-state index < -0.39 is 0 Å². The highest BCUT2D eigenvalue weighted by Crippen LogP contribution is 1.88. The fraction of sp³-hybridized carbons (Fsp3) is 0.625. The fourth-order valence-corrected chi connectivity index (χ4v) is 1.04. The molecule has 1 aromatic heterocycles. The van der Waals surface area contributed by atoms with Crippen LogP contribution in [0.1, 0.15) is 19.2 Å². The molecule has 0 saturated carbocycles. The third-order valence-corrected chi connectivity index (χ3v) is 1.66. The molecule has 1 aromatic rings. The SMILES string of the molecule is CC(N)CC(=O)NCCc1ncn[nH]1. The molecule has 6 nitrogen and oxygen atoms in total. The summed E-state index contributed by atoms with van der Waals surface area (Å²) in [5, 5.41) is 9.16. The van der Waals surface area contributed by atoms with Crippen molar-refractivity contribution < 1.29 is 4.79 Å². The van der Waals surface area contributed by atoms with Gasteiger partial charge in [-0.25, -0.2) is 4.98 Å². The largest absolute Gasteiger partial charge is 0.356 e. The first-order valence-electron chi connectivity index (χ1n) is 4.55. The fourth-order valence-electron chi connectivity index (χ4n) is 1.04. The second-order valence-electron chi connectivity index (χ2n) is 3.21. The molecule has 4 N–H and O–H groups in total. The number of nitrogens with two attached hydrogens (primary N) is 1. The van der Waals surface area contributed by atoms with Crippen LogP contribution in [-0.4, -0.2) is 33.7 Å². The summed E-state index contributed by atoms with van der Waals surface area (Å²) < 4.78 is 0. The van der Waals surface area contributed by atoms with E-state index in [-0.39, 0.29) is 11.9 Å². The van der Waals surface area contributed by atoms with Gasteiger partial charge in [0.05, 0.1) is 0 Å². The molecule has 0 fully saturated rings. The summed E-state index contributed by atoms with van der Waals surface area (Å²) in [7, 11) is 0. The third-order valence-electron chi connectivity index (χ3n) is 1.66. The van der Waals surface area contributed by atoms with E-state index in [2.05, 4.69) is 20.5 Å². The van der Waals surface area contributed by atoms with Crippen LogP contribution < -0.4 is 11.1 Å². The summed E-state index contributed by atoms with van der Waals surface area (Å²) in [4.78, 5) is 15.1. The Morgan fingerprint density at radius 2 is 2.57 bits per heavy atom. The monoisotopic (exact) mass is 197 g/mol. The van der Waals surface area contributed by atoms with Gasteiger partial charge in [0.1, 0.15) is 12.2 Å². The molecule has 0 radical (unpaired) electrons. The van der Waals surface area contributed by atoms with Crippen molar-refractivity contribution in [2.45, 2.75) is 25.8 Å². The maximum absolute atomic E-state index is 11.1. The zero-order valence-corrected chi connectivity index (χ0v) is 8.16. The Labute approximate surface area is 82.3 Å². The molecule has 0 spiro atoms. The quantitative estimate of drug-likeness (QED) is 0.575. The predicted octanol–water partition coefficient (Wildman–Crippen LogP) is -0.799. The molecule has 0 aliphatic carbocycles. The summed E-state index contributed by atoms with van der Waals surface area (Å²) in [6, 6.07) is -0.0970. The Balaban J connectivity index is 2.12. The van der Waals surface area contributed by atoms with Crippen molar-refractivity contribution in [3.8, 4) is 0 Å². The number of H-pyrrole nitrogens is 1. The molecule has 1 rings (SSSR count). The maximum atomic E-state index is 11.1. The molecule has 78 valence electrons. The lowest BCUT2D eigenvalue weighted by atomic mass is 10.2. The van der Waals surface area contributed by atoms with E-state index in [9.17, 15) is 4.79 Å². The molecule has 0 saturated heterocycles. The number of nitrogens with zero attached hydrogens (tertiary/aromatic N) is 2. The number of amides is 1. The van der Waals surface area contributed by atoms with Crippen molar-refractivity contribution in [1.82, 2.24) is 20.5 Å². The maximum Gasteiger partial charge on any atom is 0.221 e. The van der Waals surface area contributed by atoms with E-state index in [1.54, 1.807) is 6.92 Å². The van der Waals surface area contributed by atoms with Crippen LogP contribution in [-0.2, 0) is 11.2 Å². The van der Waals surface area contributed by atoms with Crippen LogP contribution in [0.2, 0.25) is 0 Å². The van der Waals surface area contributed by atoms with Crippen molar-refractivity contribution in [2.24, 2.45) is 5.73 Å². The molecule has 1 heterocycles. The first-order valence-corrected chi connectivity index (χ1v) is 4.55. The zero-order chi connectivity index (χ0) is 10.4. The molecule has 0 aromatic carbocycles. The molecule has 6 heteroatoms. The number of aromatic amines is 1. The summed E-state index contributed by atoms with van der Waals surface area (Å²) in [6.07, 6.45) is 2.46. The van der Waals surface area contributed by atoms with Gasteiger partial charge in [-0.1, -0.05) is 0 Å². The van der Waals surface area contributed by atoms with Crippen LogP contribution in [0.4, 0.5) is 0 Å². The van der Waals surface area contributed by atoms with Crippen molar-refractivity contribution >= 4 is 5.91 Å². The van der Waals surface area contributed by atoms with Crippen LogP contribution in [0.3, 0.4) is 0 Å². The van der Waals surface area contributed by atoms with Crippen molar-refractivity contribution in [2.75, 3.05) is 6.54 Å². The van der Waals surface area contributed by atoms with Crippen molar-refractivity contribution in [3.63, 3.8) is 0 Å². The van der Waals surface area contributed by atoms with Crippen LogP contribution in [0.5, 0.6) is 0 Å². The average molecular weight is 197 g/mol. The van der Waals surface area contributed by atoms with Gasteiger partial charge in [0.15, 0.2) is 0 Å². The first kappa shape index (κ1) is 10.6. The van der Waals surface area contributed by atoms with Gasteiger partial charge in [0.25, 0.3) is 0 Å². The Morgan fingerprint density at radius 1 is 1.79 bits per heavy atom. The highest BCUT2D eigenvalue weighted by Gasteiger charge is 2.04. The molecular formula is C8H15N5O. The predicted molar refractivity (Wildman–Crippen MR) is 51.4 cm³/mol. The molecule has 0 aliphatic heterocycles.